The SMILES string of the molecule is Cc1nccn1-c1cccc(C(C)(C)O)c1. The van der Waals surface area contributed by atoms with Crippen LogP contribution in [0.4, 0.5) is 0 Å². The van der Waals surface area contributed by atoms with Crippen LogP contribution in [0.25, 0.3) is 5.69 Å². The van der Waals surface area contributed by atoms with Crippen LogP contribution in [0.3, 0.4) is 0 Å². The number of hydrogen-bond acceptors (Lipinski definition) is 2. The van der Waals surface area contributed by atoms with Gasteiger partial charge in [-0.25, -0.2) is 4.98 Å². The van der Waals surface area contributed by atoms with Gasteiger partial charge in [-0.05, 0) is 38.5 Å². The van der Waals surface area contributed by atoms with E-state index in [1.165, 1.54) is 0 Å². The summed E-state index contributed by atoms with van der Waals surface area (Å²) in [5.74, 6) is 0.938. The lowest BCUT2D eigenvalue weighted by atomic mass is 9.98. The highest BCUT2D eigenvalue weighted by atomic mass is 16.3. The molecule has 0 amide bonds. The van der Waals surface area contributed by atoms with Crippen LogP contribution >= 0.6 is 0 Å². The Kier molecular flexibility index (Phi) is 2.56. The van der Waals surface area contributed by atoms with Crippen molar-refractivity contribution in [2.75, 3.05) is 0 Å². The largest absolute Gasteiger partial charge is 0.386 e. The molecule has 0 bridgehead atoms. The Bertz CT molecular complexity index is 495. The van der Waals surface area contributed by atoms with Crippen molar-refractivity contribution in [1.29, 1.82) is 0 Å². The molecule has 1 aromatic heterocycles. The molecule has 0 saturated carbocycles. The molecular weight excluding hydrogens is 200 g/mol. The van der Waals surface area contributed by atoms with Crippen LogP contribution < -0.4 is 0 Å². The van der Waals surface area contributed by atoms with Gasteiger partial charge in [0.1, 0.15) is 5.82 Å². The third kappa shape index (κ3) is 1.99. The average molecular weight is 216 g/mol. The summed E-state index contributed by atoms with van der Waals surface area (Å²) in [7, 11) is 0. The lowest BCUT2D eigenvalue weighted by Gasteiger charge is -2.18. The van der Waals surface area contributed by atoms with Gasteiger partial charge in [-0.1, -0.05) is 12.1 Å². The summed E-state index contributed by atoms with van der Waals surface area (Å²) >= 11 is 0. The lowest BCUT2D eigenvalue weighted by molar-refractivity contribution is 0.0786. The average Bonchev–Trinajstić information content (AvgIpc) is 2.63. The van der Waals surface area contributed by atoms with Gasteiger partial charge in [-0.3, -0.25) is 0 Å². The molecule has 0 radical (unpaired) electrons. The lowest BCUT2D eigenvalue weighted by Crippen LogP contribution is -2.15. The fraction of sp³-hybridized carbons (Fsp3) is 0.308. The van der Waals surface area contributed by atoms with Gasteiger partial charge in [-0.2, -0.15) is 0 Å². The summed E-state index contributed by atoms with van der Waals surface area (Å²) in [4.78, 5) is 4.19. The molecule has 0 aliphatic rings. The number of rotatable bonds is 2. The Morgan fingerprint density at radius 3 is 2.62 bits per heavy atom. The normalized spacial score (nSPS) is 11.8. The second-order valence-electron chi connectivity index (χ2n) is 4.45. The van der Waals surface area contributed by atoms with Crippen molar-refractivity contribution in [3.8, 4) is 5.69 Å². The second kappa shape index (κ2) is 3.76. The third-order valence-electron chi connectivity index (χ3n) is 2.66. The predicted molar refractivity (Wildman–Crippen MR) is 63.5 cm³/mol. The molecule has 0 saturated heterocycles. The van der Waals surface area contributed by atoms with Crippen LogP contribution in [0, 0.1) is 6.92 Å². The molecule has 2 rings (SSSR count). The number of benzene rings is 1. The van der Waals surface area contributed by atoms with Crippen LogP contribution in [-0.4, -0.2) is 14.7 Å². The maximum Gasteiger partial charge on any atom is 0.110 e. The number of aryl methyl sites for hydroxylation is 1. The summed E-state index contributed by atoms with van der Waals surface area (Å²) in [6.07, 6.45) is 3.69. The maximum atomic E-state index is 9.96. The number of nitrogens with zero attached hydrogens (tertiary/aromatic N) is 2. The van der Waals surface area contributed by atoms with E-state index in [0.717, 1.165) is 17.1 Å². The second-order valence-corrected chi connectivity index (χ2v) is 4.45. The predicted octanol–water partition coefficient (Wildman–Crippen LogP) is 2.41. The van der Waals surface area contributed by atoms with Crippen LogP contribution in [-0.2, 0) is 5.60 Å². The molecule has 1 aromatic carbocycles. The van der Waals surface area contributed by atoms with E-state index in [1.807, 2.05) is 42.0 Å². The molecule has 3 heteroatoms. The Hall–Kier alpha value is -1.61. The first-order valence-electron chi connectivity index (χ1n) is 5.32. The molecule has 0 spiro atoms. The Balaban J connectivity index is 2.49. The zero-order valence-electron chi connectivity index (χ0n) is 9.81. The minimum absolute atomic E-state index is 0.815. The quantitative estimate of drug-likeness (QED) is 0.837. The zero-order valence-corrected chi connectivity index (χ0v) is 9.81. The molecule has 3 nitrogen and oxygen atoms in total. The molecule has 1 heterocycles. The summed E-state index contributed by atoms with van der Waals surface area (Å²) in [5.41, 5.74) is 1.11. The van der Waals surface area contributed by atoms with Crippen molar-refractivity contribution in [2.24, 2.45) is 0 Å². The summed E-state index contributed by atoms with van der Waals surface area (Å²) in [6.45, 7) is 5.52. The van der Waals surface area contributed by atoms with E-state index in [9.17, 15) is 5.11 Å². The van der Waals surface area contributed by atoms with E-state index in [-0.39, 0.29) is 0 Å². The highest BCUT2D eigenvalue weighted by molar-refractivity contribution is 5.38. The van der Waals surface area contributed by atoms with Crippen molar-refractivity contribution in [2.45, 2.75) is 26.4 Å². The Morgan fingerprint density at radius 1 is 1.31 bits per heavy atom. The first-order chi connectivity index (χ1) is 7.48. The van der Waals surface area contributed by atoms with Crippen LogP contribution in [0.1, 0.15) is 25.2 Å². The summed E-state index contributed by atoms with van der Waals surface area (Å²) < 4.78 is 2.00. The van der Waals surface area contributed by atoms with Gasteiger partial charge in [-0.15, -0.1) is 0 Å². The van der Waals surface area contributed by atoms with Crippen molar-refractivity contribution in [1.82, 2.24) is 9.55 Å². The molecular formula is C13H16N2O. The van der Waals surface area contributed by atoms with Gasteiger partial charge in [0.05, 0.1) is 5.60 Å². The molecule has 1 N–H and O–H groups in total. The van der Waals surface area contributed by atoms with E-state index in [0.29, 0.717) is 0 Å². The van der Waals surface area contributed by atoms with E-state index < -0.39 is 5.60 Å². The van der Waals surface area contributed by atoms with E-state index >= 15 is 0 Å². The van der Waals surface area contributed by atoms with Crippen molar-refractivity contribution in [3.63, 3.8) is 0 Å². The maximum absolute atomic E-state index is 9.96. The molecule has 2 aromatic rings. The topological polar surface area (TPSA) is 38.0 Å². The van der Waals surface area contributed by atoms with Crippen molar-refractivity contribution >= 4 is 0 Å². The van der Waals surface area contributed by atoms with Gasteiger partial charge in [0.15, 0.2) is 0 Å². The molecule has 0 unspecified atom stereocenters. The van der Waals surface area contributed by atoms with Crippen molar-refractivity contribution < 1.29 is 5.11 Å². The molecule has 16 heavy (non-hydrogen) atoms. The number of aliphatic hydroxyl groups is 1. The van der Waals surface area contributed by atoms with Crippen LogP contribution in [0.5, 0.6) is 0 Å². The standard InChI is InChI=1S/C13H16N2O/c1-10-14-7-8-15(10)12-6-4-5-11(9-12)13(2,3)16/h4-9,16H,1-3H3. The molecule has 0 aliphatic heterocycles. The van der Waals surface area contributed by atoms with Crippen LogP contribution in [0.2, 0.25) is 0 Å². The van der Waals surface area contributed by atoms with E-state index in [1.54, 1.807) is 20.0 Å². The van der Waals surface area contributed by atoms with Gasteiger partial charge in [0.25, 0.3) is 0 Å². The molecule has 84 valence electrons. The Morgan fingerprint density at radius 2 is 2.06 bits per heavy atom. The molecule has 0 aliphatic carbocycles. The first-order valence-corrected chi connectivity index (χ1v) is 5.32. The number of aromatic nitrogens is 2. The highest BCUT2D eigenvalue weighted by Crippen LogP contribution is 2.22. The van der Waals surface area contributed by atoms with Crippen LogP contribution in [0.15, 0.2) is 36.7 Å². The molecule has 0 atom stereocenters. The summed E-state index contributed by atoms with van der Waals surface area (Å²) in [6, 6.07) is 7.86. The Labute approximate surface area is 95.4 Å². The van der Waals surface area contributed by atoms with Crippen molar-refractivity contribution in [3.05, 3.63) is 48.0 Å². The number of imidazole rings is 1. The monoisotopic (exact) mass is 216 g/mol. The van der Waals surface area contributed by atoms with Gasteiger partial charge >= 0.3 is 0 Å². The van der Waals surface area contributed by atoms with Gasteiger partial charge in [0, 0.05) is 18.1 Å². The fourth-order valence-corrected chi connectivity index (χ4v) is 1.69. The minimum Gasteiger partial charge on any atom is -0.386 e. The highest BCUT2D eigenvalue weighted by Gasteiger charge is 2.16. The third-order valence-corrected chi connectivity index (χ3v) is 2.66. The minimum atomic E-state index is -0.815. The van der Waals surface area contributed by atoms with Gasteiger partial charge in [0.2, 0.25) is 0 Å². The summed E-state index contributed by atoms with van der Waals surface area (Å²) in [5, 5.41) is 9.96. The smallest absolute Gasteiger partial charge is 0.110 e. The van der Waals surface area contributed by atoms with E-state index in [4.69, 9.17) is 0 Å². The fourth-order valence-electron chi connectivity index (χ4n) is 1.69. The first kappa shape index (κ1) is 10.9. The number of hydrogen-bond donors (Lipinski definition) is 1. The zero-order chi connectivity index (χ0) is 11.8. The van der Waals surface area contributed by atoms with Gasteiger partial charge < -0.3 is 9.67 Å². The molecule has 0 fully saturated rings. The van der Waals surface area contributed by atoms with E-state index in [2.05, 4.69) is 4.98 Å².